The second kappa shape index (κ2) is 7.83. The number of thiophene rings is 1. The maximum atomic E-state index is 13.2. The molecule has 0 aliphatic rings. The van der Waals surface area contributed by atoms with E-state index < -0.39 is 0 Å². The van der Waals surface area contributed by atoms with E-state index in [9.17, 15) is 9.18 Å². The minimum atomic E-state index is -0.357. The van der Waals surface area contributed by atoms with Crippen LogP contribution >= 0.6 is 11.3 Å². The van der Waals surface area contributed by atoms with Gasteiger partial charge in [0.25, 0.3) is 0 Å². The molecule has 3 rings (SSSR count). The second-order valence-electron chi connectivity index (χ2n) is 5.20. The molecule has 0 saturated carbocycles. The first-order chi connectivity index (χ1) is 11.7. The number of carbonyl (C=O) groups is 1. The van der Waals surface area contributed by atoms with Gasteiger partial charge < -0.3 is 9.84 Å². The predicted molar refractivity (Wildman–Crippen MR) is 89.0 cm³/mol. The molecule has 0 saturated heterocycles. The first-order valence-corrected chi connectivity index (χ1v) is 8.46. The van der Waals surface area contributed by atoms with Gasteiger partial charge in [0.15, 0.2) is 0 Å². The van der Waals surface area contributed by atoms with E-state index >= 15 is 0 Å². The van der Waals surface area contributed by atoms with Crippen molar-refractivity contribution in [2.24, 2.45) is 0 Å². The van der Waals surface area contributed by atoms with Crippen LogP contribution < -0.4 is 5.32 Å². The maximum absolute atomic E-state index is 13.2. The highest BCUT2D eigenvalue weighted by atomic mass is 32.1. The van der Waals surface area contributed by atoms with Gasteiger partial charge in [-0.3, -0.25) is 4.79 Å². The molecule has 1 N–H and O–H groups in total. The molecule has 2 heterocycles. The number of benzene rings is 1. The van der Waals surface area contributed by atoms with E-state index in [1.165, 1.54) is 17.0 Å². The molecule has 0 unspecified atom stereocenters. The van der Waals surface area contributed by atoms with Crippen LogP contribution in [0.2, 0.25) is 0 Å². The number of amides is 1. The van der Waals surface area contributed by atoms with Crippen molar-refractivity contribution < 1.29 is 13.7 Å². The number of aromatic nitrogens is 2. The molecule has 7 heteroatoms. The summed E-state index contributed by atoms with van der Waals surface area (Å²) < 4.78 is 18.3. The molecule has 0 spiro atoms. The van der Waals surface area contributed by atoms with Gasteiger partial charge in [0.1, 0.15) is 5.82 Å². The Morgan fingerprint density at radius 2 is 2.17 bits per heavy atom. The van der Waals surface area contributed by atoms with Crippen LogP contribution in [0.15, 0.2) is 46.3 Å². The molecule has 24 heavy (non-hydrogen) atoms. The van der Waals surface area contributed by atoms with Crippen molar-refractivity contribution in [3.8, 4) is 11.4 Å². The molecular weight excluding hydrogens is 329 g/mol. The zero-order valence-electron chi connectivity index (χ0n) is 12.9. The molecule has 0 bridgehead atoms. The van der Waals surface area contributed by atoms with Gasteiger partial charge >= 0.3 is 0 Å². The summed E-state index contributed by atoms with van der Waals surface area (Å²) in [4.78, 5) is 17.3. The number of halogens is 1. The van der Waals surface area contributed by atoms with Crippen LogP contribution in [-0.2, 0) is 17.6 Å². The van der Waals surface area contributed by atoms with Crippen molar-refractivity contribution in [1.29, 1.82) is 0 Å². The molecule has 0 radical (unpaired) electrons. The SMILES string of the molecule is O=C(CCc1nc(-c2cccc(F)c2)no1)NCCc1cccs1. The zero-order chi connectivity index (χ0) is 16.8. The summed E-state index contributed by atoms with van der Waals surface area (Å²) in [6.07, 6.45) is 1.45. The highest BCUT2D eigenvalue weighted by molar-refractivity contribution is 7.09. The van der Waals surface area contributed by atoms with Gasteiger partial charge in [0.2, 0.25) is 17.6 Å². The quantitative estimate of drug-likeness (QED) is 0.714. The van der Waals surface area contributed by atoms with Gasteiger partial charge in [-0.25, -0.2) is 4.39 Å². The summed E-state index contributed by atoms with van der Waals surface area (Å²) >= 11 is 1.68. The van der Waals surface area contributed by atoms with Gasteiger partial charge in [-0.15, -0.1) is 11.3 Å². The lowest BCUT2D eigenvalue weighted by molar-refractivity contribution is -0.121. The number of nitrogens with one attached hydrogen (secondary N) is 1. The molecule has 0 aliphatic heterocycles. The van der Waals surface area contributed by atoms with Crippen LogP contribution in [0.4, 0.5) is 4.39 Å². The van der Waals surface area contributed by atoms with E-state index in [0.29, 0.717) is 30.2 Å². The number of hydrogen-bond acceptors (Lipinski definition) is 5. The molecule has 3 aromatic rings. The Morgan fingerprint density at radius 3 is 2.96 bits per heavy atom. The summed E-state index contributed by atoms with van der Waals surface area (Å²) in [6, 6.07) is 10.0. The number of nitrogens with zero attached hydrogens (tertiary/aromatic N) is 2. The fraction of sp³-hybridized carbons (Fsp3) is 0.235. The van der Waals surface area contributed by atoms with Gasteiger partial charge in [-0.1, -0.05) is 23.4 Å². The average molecular weight is 345 g/mol. The normalized spacial score (nSPS) is 10.7. The Bertz CT molecular complexity index is 802. The first-order valence-electron chi connectivity index (χ1n) is 7.58. The van der Waals surface area contributed by atoms with Crippen LogP contribution in [0.5, 0.6) is 0 Å². The standard InChI is InChI=1S/C17H16FN3O2S/c18-13-4-1-3-12(11-13)17-20-16(23-21-17)7-6-15(22)19-9-8-14-5-2-10-24-14/h1-5,10-11H,6-9H2,(H,19,22). The van der Waals surface area contributed by atoms with E-state index in [1.807, 2.05) is 17.5 Å². The van der Waals surface area contributed by atoms with Crippen LogP contribution in [0.1, 0.15) is 17.2 Å². The maximum Gasteiger partial charge on any atom is 0.227 e. The number of carbonyl (C=O) groups excluding carboxylic acids is 1. The predicted octanol–water partition coefficient (Wildman–Crippen LogP) is 3.23. The minimum Gasteiger partial charge on any atom is -0.356 e. The van der Waals surface area contributed by atoms with Crippen molar-refractivity contribution in [1.82, 2.24) is 15.5 Å². The Morgan fingerprint density at radius 1 is 1.25 bits per heavy atom. The topological polar surface area (TPSA) is 68.0 Å². The summed E-state index contributed by atoms with van der Waals surface area (Å²) in [6.45, 7) is 0.609. The number of hydrogen-bond donors (Lipinski definition) is 1. The third kappa shape index (κ3) is 4.48. The third-order valence-corrected chi connectivity index (χ3v) is 4.33. The third-order valence-electron chi connectivity index (χ3n) is 3.39. The lowest BCUT2D eigenvalue weighted by Crippen LogP contribution is -2.25. The summed E-state index contributed by atoms with van der Waals surface area (Å²) in [5, 5.41) is 8.70. The number of rotatable bonds is 7. The Balaban J connectivity index is 1.45. The minimum absolute atomic E-state index is 0.0583. The Labute approximate surface area is 142 Å². The fourth-order valence-electron chi connectivity index (χ4n) is 2.19. The van der Waals surface area contributed by atoms with Crippen LogP contribution in [0.3, 0.4) is 0 Å². The van der Waals surface area contributed by atoms with Crippen molar-refractivity contribution in [2.45, 2.75) is 19.3 Å². The van der Waals surface area contributed by atoms with Crippen LogP contribution in [-0.4, -0.2) is 22.6 Å². The first kappa shape index (κ1) is 16.3. The number of aryl methyl sites for hydroxylation is 1. The molecule has 5 nitrogen and oxygen atoms in total. The van der Waals surface area contributed by atoms with Gasteiger partial charge in [-0.2, -0.15) is 4.98 Å². The van der Waals surface area contributed by atoms with E-state index in [2.05, 4.69) is 15.5 Å². The Hall–Kier alpha value is -2.54. The molecule has 0 fully saturated rings. The second-order valence-corrected chi connectivity index (χ2v) is 6.23. The van der Waals surface area contributed by atoms with Crippen molar-refractivity contribution in [3.63, 3.8) is 0 Å². The average Bonchev–Trinajstić information content (AvgIpc) is 3.25. The van der Waals surface area contributed by atoms with E-state index in [1.54, 1.807) is 23.5 Å². The molecule has 124 valence electrons. The van der Waals surface area contributed by atoms with Crippen LogP contribution in [0, 0.1) is 5.82 Å². The fourth-order valence-corrected chi connectivity index (χ4v) is 2.90. The lowest BCUT2D eigenvalue weighted by atomic mass is 10.2. The highest BCUT2D eigenvalue weighted by Crippen LogP contribution is 2.17. The Kier molecular flexibility index (Phi) is 5.32. The molecule has 0 atom stereocenters. The van der Waals surface area contributed by atoms with Crippen molar-refractivity contribution >= 4 is 17.2 Å². The smallest absolute Gasteiger partial charge is 0.227 e. The summed E-state index contributed by atoms with van der Waals surface area (Å²) in [5.74, 6) is 0.270. The lowest BCUT2D eigenvalue weighted by Gasteiger charge is -2.02. The van der Waals surface area contributed by atoms with E-state index in [-0.39, 0.29) is 18.1 Å². The van der Waals surface area contributed by atoms with Gasteiger partial charge in [-0.05, 0) is 30.0 Å². The summed E-state index contributed by atoms with van der Waals surface area (Å²) in [7, 11) is 0. The van der Waals surface area contributed by atoms with Crippen molar-refractivity contribution in [2.75, 3.05) is 6.54 Å². The molecule has 1 aromatic carbocycles. The molecule has 2 aromatic heterocycles. The zero-order valence-corrected chi connectivity index (χ0v) is 13.7. The van der Waals surface area contributed by atoms with Crippen molar-refractivity contribution in [3.05, 3.63) is 58.4 Å². The van der Waals surface area contributed by atoms with Gasteiger partial charge in [0.05, 0.1) is 0 Å². The van der Waals surface area contributed by atoms with Crippen LogP contribution in [0.25, 0.3) is 11.4 Å². The largest absolute Gasteiger partial charge is 0.356 e. The van der Waals surface area contributed by atoms with Gasteiger partial charge in [0, 0.05) is 29.8 Å². The van der Waals surface area contributed by atoms with E-state index in [4.69, 9.17) is 4.52 Å². The summed E-state index contributed by atoms with van der Waals surface area (Å²) in [5.41, 5.74) is 0.547. The molecular formula is C17H16FN3O2S. The molecule has 0 aliphatic carbocycles. The molecule has 1 amide bonds. The highest BCUT2D eigenvalue weighted by Gasteiger charge is 2.11. The monoisotopic (exact) mass is 345 g/mol. The van der Waals surface area contributed by atoms with E-state index in [0.717, 1.165) is 6.42 Å².